The predicted molar refractivity (Wildman–Crippen MR) is 127 cm³/mol. The molecule has 168 valence electrons. The van der Waals surface area contributed by atoms with Gasteiger partial charge in [0.25, 0.3) is 11.8 Å². The Kier molecular flexibility index (Phi) is 7.01. The van der Waals surface area contributed by atoms with E-state index < -0.39 is 0 Å². The van der Waals surface area contributed by atoms with E-state index >= 15 is 0 Å². The maximum absolute atomic E-state index is 13.2. The van der Waals surface area contributed by atoms with Crippen LogP contribution >= 0.6 is 23.1 Å². The number of furan rings is 1. The normalized spacial score (nSPS) is 14.5. The highest BCUT2D eigenvalue weighted by Gasteiger charge is 2.29. The summed E-state index contributed by atoms with van der Waals surface area (Å²) in [5.41, 5.74) is 2.37. The van der Waals surface area contributed by atoms with Crippen LogP contribution in [-0.4, -0.2) is 53.0 Å². The van der Waals surface area contributed by atoms with E-state index in [0.29, 0.717) is 25.2 Å². The first-order valence-corrected chi connectivity index (χ1v) is 12.7. The summed E-state index contributed by atoms with van der Waals surface area (Å²) >= 11 is 3.20. The van der Waals surface area contributed by atoms with Crippen molar-refractivity contribution in [2.24, 2.45) is 0 Å². The summed E-state index contributed by atoms with van der Waals surface area (Å²) in [6, 6.07) is 11.4. The smallest absolute Gasteiger partial charge is 0.263 e. The number of likely N-dealkylation sites (tertiary alicyclic amines) is 1. The number of rotatable bonds is 6. The monoisotopic (exact) mass is 469 g/mol. The van der Waals surface area contributed by atoms with Crippen LogP contribution in [0.15, 0.2) is 51.3 Å². The summed E-state index contributed by atoms with van der Waals surface area (Å²) in [6.07, 6.45) is 5.22. The lowest BCUT2D eigenvalue weighted by molar-refractivity contribution is 0.0710. The first-order chi connectivity index (χ1) is 15.5. The van der Waals surface area contributed by atoms with E-state index in [1.807, 2.05) is 54.5 Å². The number of aromatic nitrogens is 1. The molecule has 0 aliphatic carbocycles. The fourth-order valence-electron chi connectivity index (χ4n) is 4.04. The second-order valence-electron chi connectivity index (χ2n) is 8.02. The van der Waals surface area contributed by atoms with E-state index in [1.54, 1.807) is 41.3 Å². The first kappa shape index (κ1) is 22.6. The summed E-state index contributed by atoms with van der Waals surface area (Å²) in [6.45, 7) is 3.69. The standard InChI is InChI=1S/C24H27N3O3S2/c1-16-6-7-19(23(28)26(2)15-18-5-4-14-30-18)22(25-16)17-10-12-27(13-11-17)24(29)20-8-9-21(31-3)32-20/h4-9,14,17H,10-13,15H2,1-3H3. The van der Waals surface area contributed by atoms with Gasteiger partial charge >= 0.3 is 0 Å². The average molecular weight is 470 g/mol. The summed E-state index contributed by atoms with van der Waals surface area (Å²) in [5.74, 6) is 0.929. The largest absolute Gasteiger partial charge is 0.467 e. The molecule has 0 aromatic carbocycles. The number of aryl methyl sites for hydroxylation is 1. The van der Waals surface area contributed by atoms with Crippen molar-refractivity contribution in [2.75, 3.05) is 26.4 Å². The molecule has 3 aromatic heterocycles. The number of piperidine rings is 1. The summed E-state index contributed by atoms with van der Waals surface area (Å²) < 4.78 is 6.54. The lowest BCUT2D eigenvalue weighted by atomic mass is 9.89. The molecule has 1 saturated heterocycles. The minimum Gasteiger partial charge on any atom is -0.467 e. The molecule has 32 heavy (non-hydrogen) atoms. The van der Waals surface area contributed by atoms with Crippen molar-refractivity contribution in [3.63, 3.8) is 0 Å². The third-order valence-corrected chi connectivity index (χ3v) is 7.93. The second-order valence-corrected chi connectivity index (χ2v) is 10.2. The lowest BCUT2D eigenvalue weighted by Crippen LogP contribution is -2.38. The number of carbonyl (C=O) groups is 2. The Morgan fingerprint density at radius 1 is 1.22 bits per heavy atom. The van der Waals surface area contributed by atoms with Crippen molar-refractivity contribution >= 4 is 34.9 Å². The first-order valence-electron chi connectivity index (χ1n) is 10.6. The van der Waals surface area contributed by atoms with Crippen molar-refractivity contribution < 1.29 is 14.0 Å². The van der Waals surface area contributed by atoms with Crippen molar-refractivity contribution in [3.8, 4) is 0 Å². The van der Waals surface area contributed by atoms with Gasteiger partial charge in [0.1, 0.15) is 5.76 Å². The molecular formula is C24H27N3O3S2. The van der Waals surface area contributed by atoms with Gasteiger partial charge in [0.05, 0.1) is 33.2 Å². The number of nitrogens with zero attached hydrogens (tertiary/aromatic N) is 3. The minimum atomic E-state index is -0.0643. The van der Waals surface area contributed by atoms with Crippen molar-refractivity contribution in [2.45, 2.75) is 36.4 Å². The molecule has 2 amide bonds. The molecule has 4 heterocycles. The van der Waals surface area contributed by atoms with Crippen LogP contribution in [0.25, 0.3) is 0 Å². The quantitative estimate of drug-likeness (QED) is 0.472. The number of hydrogen-bond acceptors (Lipinski definition) is 6. The Labute approximate surface area is 196 Å². The van der Waals surface area contributed by atoms with Crippen LogP contribution in [0.4, 0.5) is 0 Å². The SMILES string of the molecule is CSc1ccc(C(=O)N2CCC(c3nc(C)ccc3C(=O)N(C)Cc3ccco3)CC2)s1. The van der Waals surface area contributed by atoms with E-state index in [4.69, 9.17) is 9.40 Å². The van der Waals surface area contributed by atoms with Gasteiger partial charge in [-0.1, -0.05) is 0 Å². The van der Waals surface area contributed by atoms with Crippen LogP contribution in [0.2, 0.25) is 0 Å². The molecule has 0 N–H and O–H groups in total. The molecule has 0 bridgehead atoms. The molecule has 0 spiro atoms. The fraction of sp³-hybridized carbons (Fsp3) is 0.375. The summed E-state index contributed by atoms with van der Waals surface area (Å²) in [7, 11) is 1.78. The fourth-order valence-corrected chi connectivity index (χ4v) is 5.55. The molecule has 1 aliphatic heterocycles. The maximum Gasteiger partial charge on any atom is 0.263 e. The molecule has 6 nitrogen and oxygen atoms in total. The van der Waals surface area contributed by atoms with Crippen LogP contribution < -0.4 is 0 Å². The Balaban J connectivity index is 1.46. The van der Waals surface area contributed by atoms with Gasteiger partial charge < -0.3 is 14.2 Å². The zero-order valence-corrected chi connectivity index (χ0v) is 20.2. The molecule has 0 radical (unpaired) electrons. The molecule has 1 fully saturated rings. The number of carbonyl (C=O) groups excluding carboxylic acids is 2. The molecule has 0 atom stereocenters. The molecule has 4 rings (SSSR count). The minimum absolute atomic E-state index is 0.0643. The van der Waals surface area contributed by atoms with Crippen molar-refractivity contribution in [1.29, 1.82) is 0 Å². The maximum atomic E-state index is 13.2. The van der Waals surface area contributed by atoms with E-state index in [9.17, 15) is 9.59 Å². The van der Waals surface area contributed by atoms with Crippen molar-refractivity contribution in [3.05, 3.63) is 70.3 Å². The van der Waals surface area contributed by atoms with Crippen LogP contribution in [-0.2, 0) is 6.54 Å². The molecular weight excluding hydrogens is 442 g/mol. The third-order valence-electron chi connectivity index (χ3n) is 5.78. The summed E-state index contributed by atoms with van der Waals surface area (Å²) in [4.78, 5) is 35.2. The van der Waals surface area contributed by atoms with Gasteiger partial charge in [-0.3, -0.25) is 14.6 Å². The molecule has 3 aromatic rings. The third kappa shape index (κ3) is 4.91. The Hall–Kier alpha value is -2.58. The van der Waals surface area contributed by atoms with Gasteiger partial charge in [0.15, 0.2) is 0 Å². The Bertz CT molecular complexity index is 1090. The number of pyridine rings is 1. The number of thioether (sulfide) groups is 1. The van der Waals surface area contributed by atoms with Gasteiger partial charge in [-0.25, -0.2) is 0 Å². The predicted octanol–water partition coefficient (Wildman–Crippen LogP) is 5.06. The average Bonchev–Trinajstić information content (AvgIpc) is 3.50. The molecule has 1 aliphatic rings. The van der Waals surface area contributed by atoms with Crippen LogP contribution in [0.3, 0.4) is 0 Å². The molecule has 0 unspecified atom stereocenters. The highest BCUT2D eigenvalue weighted by molar-refractivity contribution is 8.00. The lowest BCUT2D eigenvalue weighted by Gasteiger charge is -2.32. The second kappa shape index (κ2) is 9.92. The highest BCUT2D eigenvalue weighted by atomic mass is 32.2. The van der Waals surface area contributed by atoms with E-state index in [2.05, 4.69) is 0 Å². The zero-order chi connectivity index (χ0) is 22.7. The van der Waals surface area contributed by atoms with Crippen LogP contribution in [0.5, 0.6) is 0 Å². The zero-order valence-electron chi connectivity index (χ0n) is 18.5. The van der Waals surface area contributed by atoms with E-state index in [-0.39, 0.29) is 17.7 Å². The van der Waals surface area contributed by atoms with Gasteiger partial charge in [-0.05, 0) is 62.4 Å². The van der Waals surface area contributed by atoms with Crippen LogP contribution in [0.1, 0.15) is 55.9 Å². The van der Waals surface area contributed by atoms with Gasteiger partial charge in [0.2, 0.25) is 0 Å². The van der Waals surface area contributed by atoms with Crippen molar-refractivity contribution in [1.82, 2.24) is 14.8 Å². The Morgan fingerprint density at radius 2 is 2.00 bits per heavy atom. The van der Waals surface area contributed by atoms with Crippen LogP contribution in [0, 0.1) is 6.92 Å². The van der Waals surface area contributed by atoms with Gasteiger partial charge in [-0.2, -0.15) is 0 Å². The summed E-state index contributed by atoms with van der Waals surface area (Å²) in [5, 5.41) is 0. The number of amides is 2. The number of hydrogen-bond donors (Lipinski definition) is 0. The van der Waals surface area contributed by atoms with E-state index in [1.165, 1.54) is 0 Å². The topological polar surface area (TPSA) is 66.7 Å². The molecule has 8 heteroatoms. The number of thiophene rings is 1. The van der Waals surface area contributed by atoms with Gasteiger partial charge in [0, 0.05) is 31.7 Å². The Morgan fingerprint density at radius 3 is 2.66 bits per heavy atom. The highest BCUT2D eigenvalue weighted by Crippen LogP contribution is 2.32. The van der Waals surface area contributed by atoms with E-state index in [0.717, 1.165) is 39.1 Å². The molecule has 0 saturated carbocycles. The van der Waals surface area contributed by atoms with Gasteiger partial charge in [-0.15, -0.1) is 23.1 Å².